The molecule has 29 heavy (non-hydrogen) atoms. The average Bonchev–Trinajstić information content (AvgIpc) is 3.02. The van der Waals surface area contributed by atoms with Gasteiger partial charge in [-0.05, 0) is 36.4 Å². The Balaban J connectivity index is 1.67. The van der Waals surface area contributed by atoms with Crippen molar-refractivity contribution in [3.63, 3.8) is 0 Å². The predicted octanol–water partition coefficient (Wildman–Crippen LogP) is 2.20. The van der Waals surface area contributed by atoms with Crippen LogP contribution in [0.25, 0.3) is 27.9 Å². The first-order valence-corrected chi connectivity index (χ1v) is 9.48. The van der Waals surface area contributed by atoms with Crippen molar-refractivity contribution in [3.8, 4) is 11.4 Å². The fourth-order valence-electron chi connectivity index (χ4n) is 3.50. The second-order valence-corrected chi connectivity index (χ2v) is 7.00. The Kier molecular flexibility index (Phi) is 4.53. The van der Waals surface area contributed by atoms with Gasteiger partial charge in [-0.1, -0.05) is 6.07 Å². The van der Waals surface area contributed by atoms with E-state index < -0.39 is 5.82 Å². The molecule has 1 saturated heterocycles. The van der Waals surface area contributed by atoms with E-state index in [1.807, 2.05) is 0 Å². The maximum atomic E-state index is 14.5. The Morgan fingerprint density at radius 3 is 2.48 bits per heavy atom. The van der Waals surface area contributed by atoms with E-state index in [2.05, 4.69) is 31.0 Å². The van der Waals surface area contributed by atoms with E-state index in [-0.39, 0.29) is 17.4 Å². The minimum atomic E-state index is -0.420. The molecule has 1 fully saturated rings. The lowest BCUT2D eigenvalue weighted by molar-refractivity contribution is 0.628. The van der Waals surface area contributed by atoms with Crippen LogP contribution >= 0.6 is 0 Å². The second kappa shape index (κ2) is 7.34. The highest BCUT2D eigenvalue weighted by atomic mass is 19.1. The first kappa shape index (κ1) is 17.9. The summed E-state index contributed by atoms with van der Waals surface area (Å²) in [6.07, 6.45) is 0. The summed E-state index contributed by atoms with van der Waals surface area (Å²) in [6, 6.07) is 10.8. The highest BCUT2D eigenvalue weighted by molar-refractivity contribution is 5.93. The number of nitrogens with zero attached hydrogens (tertiary/aromatic N) is 4. The molecule has 1 aliphatic heterocycles. The summed E-state index contributed by atoms with van der Waals surface area (Å²) in [5, 5.41) is 15.2. The molecule has 0 amide bonds. The van der Waals surface area contributed by atoms with E-state index in [1.54, 1.807) is 28.8 Å². The number of halogens is 2. The number of benzene rings is 2. The molecule has 0 unspecified atom stereocenters. The third-order valence-corrected chi connectivity index (χ3v) is 4.95. The molecule has 0 spiro atoms. The van der Waals surface area contributed by atoms with Crippen molar-refractivity contribution >= 4 is 22.5 Å². The molecule has 1 aliphatic rings. The number of hydrogen-bond donors (Lipinski definition) is 3. The Labute approximate surface area is 165 Å². The number of nitrogens with one attached hydrogen (secondary N) is 3. The fraction of sp³-hybridized carbons (Fsp3) is 0.250. The van der Waals surface area contributed by atoms with Gasteiger partial charge in [0.15, 0.2) is 11.5 Å². The van der Waals surface area contributed by atoms with E-state index in [0.29, 0.717) is 28.4 Å². The van der Waals surface area contributed by atoms with Crippen molar-refractivity contribution < 1.29 is 8.78 Å². The first-order chi connectivity index (χ1) is 14.2. The van der Waals surface area contributed by atoms with Gasteiger partial charge in [-0.25, -0.2) is 18.7 Å². The predicted molar refractivity (Wildman–Crippen MR) is 107 cm³/mol. The van der Waals surface area contributed by atoms with Crippen molar-refractivity contribution in [2.75, 3.05) is 31.5 Å². The van der Waals surface area contributed by atoms with Crippen LogP contribution in [0.4, 0.5) is 14.7 Å². The third kappa shape index (κ3) is 3.39. The molecular weight excluding hydrogens is 376 g/mol. The van der Waals surface area contributed by atoms with Crippen molar-refractivity contribution in [2.24, 2.45) is 0 Å². The first-order valence-electron chi connectivity index (χ1n) is 9.48. The van der Waals surface area contributed by atoms with Gasteiger partial charge in [-0.3, -0.25) is 0 Å². The van der Waals surface area contributed by atoms with Crippen molar-refractivity contribution in [2.45, 2.75) is 6.04 Å². The number of aromatic nitrogens is 4. The molecule has 0 radical (unpaired) electrons. The smallest absolute Gasteiger partial charge is 0.226 e. The van der Waals surface area contributed by atoms with Crippen molar-refractivity contribution in [1.82, 2.24) is 30.2 Å². The molecule has 0 atom stereocenters. The highest BCUT2D eigenvalue weighted by Crippen LogP contribution is 2.26. The second-order valence-electron chi connectivity index (χ2n) is 7.00. The number of hydrogen-bond acceptors (Lipinski definition) is 6. The molecule has 148 valence electrons. The van der Waals surface area contributed by atoms with Crippen LogP contribution in [-0.2, 0) is 0 Å². The summed E-state index contributed by atoms with van der Waals surface area (Å²) in [5.41, 5.74) is 1.39. The van der Waals surface area contributed by atoms with Crippen LogP contribution < -0.4 is 16.0 Å². The Morgan fingerprint density at radius 2 is 1.72 bits per heavy atom. The average molecular weight is 395 g/mol. The van der Waals surface area contributed by atoms with E-state index >= 15 is 0 Å². The van der Waals surface area contributed by atoms with Crippen LogP contribution in [0.1, 0.15) is 0 Å². The summed E-state index contributed by atoms with van der Waals surface area (Å²) in [5.74, 6) is 0.0802. The van der Waals surface area contributed by atoms with E-state index in [0.717, 1.165) is 26.2 Å². The Bertz CT molecular complexity index is 1170. The fourth-order valence-corrected chi connectivity index (χ4v) is 3.50. The highest BCUT2D eigenvalue weighted by Gasteiger charge is 2.19. The molecular formula is C20H19F2N7. The summed E-state index contributed by atoms with van der Waals surface area (Å²) in [7, 11) is 0. The molecule has 9 heteroatoms. The molecule has 2 aromatic heterocycles. The van der Waals surface area contributed by atoms with E-state index in [9.17, 15) is 8.78 Å². The number of rotatable bonds is 3. The third-order valence-electron chi connectivity index (χ3n) is 4.95. The Hall–Kier alpha value is -3.17. The maximum absolute atomic E-state index is 14.5. The summed E-state index contributed by atoms with van der Waals surface area (Å²) >= 11 is 0. The quantitative estimate of drug-likeness (QED) is 0.494. The van der Waals surface area contributed by atoms with Crippen LogP contribution in [0.5, 0.6) is 0 Å². The minimum absolute atomic E-state index is 0.0518. The molecule has 0 bridgehead atoms. The van der Waals surface area contributed by atoms with Gasteiger partial charge in [-0.2, -0.15) is 4.52 Å². The van der Waals surface area contributed by atoms with Gasteiger partial charge in [-0.15, -0.1) is 5.10 Å². The molecule has 2 aromatic carbocycles. The molecule has 3 N–H and O–H groups in total. The monoisotopic (exact) mass is 395 g/mol. The van der Waals surface area contributed by atoms with Gasteiger partial charge < -0.3 is 16.0 Å². The maximum Gasteiger partial charge on any atom is 0.226 e. The lowest BCUT2D eigenvalue weighted by Gasteiger charge is -2.18. The summed E-state index contributed by atoms with van der Waals surface area (Å²) < 4.78 is 29.4. The zero-order chi connectivity index (χ0) is 19.8. The summed E-state index contributed by atoms with van der Waals surface area (Å²) in [6.45, 7) is 3.24. The van der Waals surface area contributed by atoms with Gasteiger partial charge in [0.2, 0.25) is 5.95 Å². The molecule has 0 saturated carbocycles. The zero-order valence-electron chi connectivity index (χ0n) is 15.5. The lowest BCUT2D eigenvalue weighted by atomic mass is 10.2. The van der Waals surface area contributed by atoms with Gasteiger partial charge in [0.1, 0.15) is 17.2 Å². The molecule has 3 heterocycles. The van der Waals surface area contributed by atoms with Gasteiger partial charge in [0, 0.05) is 37.1 Å². The minimum Gasteiger partial charge on any atom is -0.349 e. The van der Waals surface area contributed by atoms with E-state index in [1.165, 1.54) is 18.2 Å². The molecule has 0 aliphatic carbocycles. The molecule has 7 nitrogen and oxygen atoms in total. The van der Waals surface area contributed by atoms with Crippen LogP contribution in [0, 0.1) is 11.6 Å². The standard InChI is InChI=1S/C20H19F2N7/c21-13-6-4-12(5-7-13)18-27-19-15-2-1-3-16(22)17(15)26-20(29(19)28-18)25-14-10-23-8-9-24-11-14/h1-7,14,23-24H,8-11H2,(H,25,26). The van der Waals surface area contributed by atoms with Crippen LogP contribution in [0.15, 0.2) is 42.5 Å². The zero-order valence-corrected chi connectivity index (χ0v) is 15.5. The van der Waals surface area contributed by atoms with E-state index in [4.69, 9.17) is 0 Å². The van der Waals surface area contributed by atoms with Crippen LogP contribution in [0.2, 0.25) is 0 Å². The van der Waals surface area contributed by atoms with Crippen molar-refractivity contribution in [3.05, 3.63) is 54.1 Å². The van der Waals surface area contributed by atoms with Crippen LogP contribution in [0.3, 0.4) is 0 Å². The Morgan fingerprint density at radius 1 is 0.966 bits per heavy atom. The topological polar surface area (TPSA) is 79.2 Å². The number of para-hydroxylation sites is 1. The van der Waals surface area contributed by atoms with Gasteiger partial charge in [0.25, 0.3) is 0 Å². The van der Waals surface area contributed by atoms with Gasteiger partial charge in [0.05, 0.1) is 6.04 Å². The number of anilines is 1. The normalized spacial score (nSPS) is 15.7. The summed E-state index contributed by atoms with van der Waals surface area (Å²) in [4.78, 5) is 9.11. The number of fused-ring (bicyclic) bond motifs is 3. The van der Waals surface area contributed by atoms with Gasteiger partial charge >= 0.3 is 0 Å². The largest absolute Gasteiger partial charge is 0.349 e. The molecule has 5 rings (SSSR count). The molecule has 4 aromatic rings. The van der Waals surface area contributed by atoms with Crippen molar-refractivity contribution in [1.29, 1.82) is 0 Å². The lowest BCUT2D eigenvalue weighted by Crippen LogP contribution is -2.37. The SMILES string of the molecule is Fc1ccc(-c2nc3c4cccc(F)c4nc(NC4CNCCNC4)n3n2)cc1. The van der Waals surface area contributed by atoms with Crippen LogP contribution in [-0.4, -0.2) is 51.8 Å².